The molecule has 0 radical (unpaired) electrons. The molecule has 0 heterocycles. The second-order valence-electron chi connectivity index (χ2n) is 10.6. The van der Waals surface area contributed by atoms with Crippen LogP contribution in [0.3, 0.4) is 0 Å². The van der Waals surface area contributed by atoms with Crippen LogP contribution in [0.4, 0.5) is 0 Å². The highest BCUT2D eigenvalue weighted by Gasteiger charge is 2.11. The van der Waals surface area contributed by atoms with Crippen LogP contribution in [0, 0.1) is 0 Å². The Bertz CT molecular complexity index is 1610. The Kier molecular flexibility index (Phi) is 10.5. The van der Waals surface area contributed by atoms with Gasteiger partial charge in [0.2, 0.25) is 0 Å². The van der Waals surface area contributed by atoms with Gasteiger partial charge in [-0.3, -0.25) is 0 Å². The van der Waals surface area contributed by atoms with Crippen LogP contribution in [0.25, 0.3) is 33.0 Å². The third-order valence-corrected chi connectivity index (χ3v) is 7.22. The molecule has 0 aliphatic heterocycles. The van der Waals surface area contributed by atoms with E-state index in [1.54, 1.807) is 13.8 Å². The van der Waals surface area contributed by atoms with E-state index in [0.717, 1.165) is 56.1 Å². The molecule has 0 amide bonds. The van der Waals surface area contributed by atoms with E-state index in [-0.39, 0.29) is 25.2 Å². The van der Waals surface area contributed by atoms with Gasteiger partial charge in [-0.15, -0.1) is 0 Å². The smallest absolute Gasteiger partial charge is 0.333 e. The molecule has 4 aromatic rings. The van der Waals surface area contributed by atoms with Gasteiger partial charge in [0, 0.05) is 30.6 Å². The number of esters is 2. The molecule has 5 nitrogen and oxygen atoms in total. The lowest BCUT2D eigenvalue weighted by Gasteiger charge is -2.14. The molecule has 0 aliphatic carbocycles. The van der Waals surface area contributed by atoms with E-state index in [2.05, 4.69) is 79.9 Å². The first-order chi connectivity index (χ1) is 20.3. The van der Waals surface area contributed by atoms with Crippen molar-refractivity contribution in [1.82, 2.24) is 0 Å². The maximum atomic E-state index is 11.9. The highest BCUT2D eigenvalue weighted by Crippen LogP contribution is 2.31. The summed E-state index contributed by atoms with van der Waals surface area (Å²) in [6.07, 6.45) is 2.66. The Balaban J connectivity index is 1.56. The maximum absolute atomic E-state index is 11.9. The van der Waals surface area contributed by atoms with Crippen molar-refractivity contribution in [2.45, 2.75) is 39.5 Å². The van der Waals surface area contributed by atoms with Gasteiger partial charge in [-0.1, -0.05) is 79.9 Å². The summed E-state index contributed by atoms with van der Waals surface area (Å²) in [4.78, 5) is 23.6. The molecule has 5 heteroatoms. The fourth-order valence-corrected chi connectivity index (χ4v) is 4.92. The van der Waals surface area contributed by atoms with Crippen molar-refractivity contribution in [1.29, 1.82) is 0 Å². The van der Waals surface area contributed by atoms with Gasteiger partial charge in [-0.25, -0.2) is 9.59 Å². The second kappa shape index (κ2) is 14.4. The highest BCUT2D eigenvalue weighted by atomic mass is 16.5. The molecule has 42 heavy (non-hydrogen) atoms. The standard InChI is InChI=1S/C37H38O5/c1-25(2)36(39)41-20-17-28-8-5-6-10-35(28)34-16-15-31-22-30(13-14-32(31)24-34)29-12-11-27(9-7-19-38)33(23-29)18-21-42-37(40)26(3)4/h5-6,8,10-16,22-24,38H,1,3,7,9,17-21H2,2,4H3. The number of fused-ring (bicyclic) bond motifs is 1. The Morgan fingerprint density at radius 2 is 1.19 bits per heavy atom. The number of carbonyl (C=O) groups excluding carboxylic acids is 2. The summed E-state index contributed by atoms with van der Waals surface area (Å²) in [6, 6.07) is 27.5. The van der Waals surface area contributed by atoms with Gasteiger partial charge >= 0.3 is 11.9 Å². The molecule has 216 valence electrons. The number of aryl methyl sites for hydroxylation is 1. The minimum absolute atomic E-state index is 0.130. The summed E-state index contributed by atoms with van der Waals surface area (Å²) in [5.41, 5.74) is 8.57. The number of ether oxygens (including phenoxy) is 2. The summed E-state index contributed by atoms with van der Waals surface area (Å²) in [5, 5.41) is 11.6. The average molecular weight is 563 g/mol. The first kappa shape index (κ1) is 30.5. The first-order valence-electron chi connectivity index (χ1n) is 14.3. The lowest BCUT2D eigenvalue weighted by atomic mass is 9.92. The van der Waals surface area contributed by atoms with Crippen molar-refractivity contribution >= 4 is 22.7 Å². The number of aliphatic hydroxyl groups excluding tert-OH is 1. The average Bonchev–Trinajstić information content (AvgIpc) is 2.99. The summed E-state index contributed by atoms with van der Waals surface area (Å²) in [6.45, 7) is 11.3. The molecule has 0 saturated carbocycles. The molecule has 0 spiro atoms. The van der Waals surface area contributed by atoms with E-state index < -0.39 is 0 Å². The number of hydrogen-bond acceptors (Lipinski definition) is 5. The van der Waals surface area contributed by atoms with Crippen LogP contribution in [0.15, 0.2) is 103 Å². The normalized spacial score (nSPS) is 10.8. The lowest BCUT2D eigenvalue weighted by Crippen LogP contribution is -2.09. The van der Waals surface area contributed by atoms with Gasteiger partial charge in [-0.2, -0.15) is 0 Å². The minimum atomic E-state index is -0.384. The van der Waals surface area contributed by atoms with E-state index in [9.17, 15) is 14.7 Å². The zero-order chi connectivity index (χ0) is 30.1. The third-order valence-electron chi connectivity index (χ3n) is 7.22. The van der Waals surface area contributed by atoms with Crippen molar-refractivity contribution in [2.24, 2.45) is 0 Å². The van der Waals surface area contributed by atoms with Crippen molar-refractivity contribution < 1.29 is 24.2 Å². The van der Waals surface area contributed by atoms with Crippen LogP contribution >= 0.6 is 0 Å². The minimum Gasteiger partial charge on any atom is -0.462 e. The molecule has 4 aromatic carbocycles. The number of benzene rings is 4. The molecule has 0 saturated heterocycles. The summed E-state index contributed by atoms with van der Waals surface area (Å²) >= 11 is 0. The predicted molar refractivity (Wildman–Crippen MR) is 169 cm³/mol. The van der Waals surface area contributed by atoms with E-state index in [1.165, 1.54) is 0 Å². The molecule has 0 aromatic heterocycles. The quantitative estimate of drug-likeness (QED) is 0.136. The van der Waals surface area contributed by atoms with E-state index in [0.29, 0.717) is 37.0 Å². The molecule has 1 N–H and O–H groups in total. The lowest BCUT2D eigenvalue weighted by molar-refractivity contribution is -0.139. The summed E-state index contributed by atoms with van der Waals surface area (Å²) < 4.78 is 10.7. The Labute approximate surface area is 248 Å². The molecule has 4 rings (SSSR count). The number of aliphatic hydroxyl groups is 1. The Morgan fingerprint density at radius 1 is 0.643 bits per heavy atom. The first-order valence-corrected chi connectivity index (χ1v) is 14.3. The van der Waals surface area contributed by atoms with Gasteiger partial charge in [0.05, 0.1) is 13.2 Å². The number of carbonyl (C=O) groups is 2. The van der Waals surface area contributed by atoms with Gasteiger partial charge in [0.15, 0.2) is 0 Å². The highest BCUT2D eigenvalue weighted by molar-refractivity contribution is 5.91. The van der Waals surface area contributed by atoms with E-state index in [1.807, 2.05) is 12.1 Å². The van der Waals surface area contributed by atoms with Gasteiger partial charge in [-0.05, 0) is 88.5 Å². The molecule has 0 aliphatic rings. The van der Waals surface area contributed by atoms with Crippen LogP contribution < -0.4 is 0 Å². The van der Waals surface area contributed by atoms with Crippen LogP contribution in [-0.2, 0) is 38.3 Å². The third kappa shape index (κ3) is 7.83. The second-order valence-corrected chi connectivity index (χ2v) is 10.6. The fourth-order valence-electron chi connectivity index (χ4n) is 4.92. The molecular formula is C37H38O5. The molecule has 0 fully saturated rings. The predicted octanol–water partition coefficient (Wildman–Crippen LogP) is 7.42. The zero-order valence-electron chi connectivity index (χ0n) is 24.4. The van der Waals surface area contributed by atoms with Crippen LogP contribution in [0.5, 0.6) is 0 Å². The molecule has 0 unspecified atom stereocenters. The molecular weight excluding hydrogens is 524 g/mol. The monoisotopic (exact) mass is 562 g/mol. The summed E-state index contributed by atoms with van der Waals surface area (Å²) in [5.74, 6) is -0.752. The van der Waals surface area contributed by atoms with Gasteiger partial charge in [0.25, 0.3) is 0 Å². The van der Waals surface area contributed by atoms with Crippen LogP contribution in [0.1, 0.15) is 37.0 Å². The van der Waals surface area contributed by atoms with Crippen molar-refractivity contribution in [3.05, 3.63) is 120 Å². The van der Waals surface area contributed by atoms with Crippen molar-refractivity contribution in [3.63, 3.8) is 0 Å². The van der Waals surface area contributed by atoms with Crippen molar-refractivity contribution in [2.75, 3.05) is 19.8 Å². The van der Waals surface area contributed by atoms with E-state index in [4.69, 9.17) is 9.47 Å². The number of rotatable bonds is 13. The topological polar surface area (TPSA) is 72.8 Å². The van der Waals surface area contributed by atoms with Crippen LogP contribution in [-0.4, -0.2) is 36.9 Å². The largest absolute Gasteiger partial charge is 0.462 e. The Morgan fingerprint density at radius 3 is 1.83 bits per heavy atom. The van der Waals surface area contributed by atoms with Crippen LogP contribution in [0.2, 0.25) is 0 Å². The fraction of sp³-hybridized carbons (Fsp3) is 0.243. The molecule has 0 atom stereocenters. The maximum Gasteiger partial charge on any atom is 0.333 e. The van der Waals surface area contributed by atoms with Gasteiger partial charge < -0.3 is 14.6 Å². The summed E-state index contributed by atoms with van der Waals surface area (Å²) in [7, 11) is 0. The SMILES string of the molecule is C=C(C)C(=O)OCCc1cc(-c2ccc3cc(-c4ccccc4CCOC(=O)C(=C)C)ccc3c2)ccc1CCCO. The van der Waals surface area contributed by atoms with Crippen molar-refractivity contribution in [3.8, 4) is 22.3 Å². The molecule has 0 bridgehead atoms. The van der Waals surface area contributed by atoms with E-state index >= 15 is 0 Å². The van der Waals surface area contributed by atoms with Gasteiger partial charge in [0.1, 0.15) is 0 Å². The Hall–Kier alpha value is -4.48. The number of hydrogen-bond donors (Lipinski definition) is 1. The zero-order valence-corrected chi connectivity index (χ0v) is 24.4.